The standard InChI is InChI=1S/C43H48O20/c1-17-4-6-20(7-5-17)8-13-27(46)56-16-26-31(49)35(53)40(63-42-37(55)34(52)30(48)19(3)58-42)43(61-26)62-39-32(50)28-24(45)14-23(59-41-36(54)33(51)29(47)18(2)57-41)15-25(28)60-38(39)21-9-11-22(44)12-10-21/h4-15,18-19,26,29-31,33-37,40-45,47-49,51-55H,16H2,1-3H3/b13-8+/t18?,19?,26?,29-,30-,31+,33-,34-,35-,36?,37?,40?,41-,42-,43-/m0/s1. The van der Waals surface area contributed by atoms with Crippen LogP contribution in [0.3, 0.4) is 0 Å². The van der Waals surface area contributed by atoms with Gasteiger partial charge < -0.3 is 88.6 Å². The summed E-state index contributed by atoms with van der Waals surface area (Å²) in [5.74, 6) is -3.04. The van der Waals surface area contributed by atoms with Crippen LogP contribution in [0.5, 0.6) is 23.0 Å². The largest absolute Gasteiger partial charge is 0.508 e. The number of fused-ring (bicyclic) bond motifs is 1. The lowest BCUT2D eigenvalue weighted by molar-refractivity contribution is -0.354. The highest BCUT2D eigenvalue weighted by Crippen LogP contribution is 2.39. The Bertz CT molecular complexity index is 2310. The number of carbonyl (C=O) groups is 1. The van der Waals surface area contributed by atoms with Gasteiger partial charge in [-0.05, 0) is 56.7 Å². The number of aryl methyl sites for hydroxylation is 1. The molecule has 6 unspecified atom stereocenters. The Hall–Kier alpha value is -5.20. The zero-order valence-corrected chi connectivity index (χ0v) is 33.9. The average molecular weight is 885 g/mol. The number of rotatable bonds is 11. The summed E-state index contributed by atoms with van der Waals surface area (Å²) in [5.41, 5.74) is 0.414. The van der Waals surface area contributed by atoms with E-state index in [1.165, 1.54) is 44.2 Å². The molecule has 0 bridgehead atoms. The van der Waals surface area contributed by atoms with Crippen molar-refractivity contribution in [2.24, 2.45) is 0 Å². The second-order valence-electron chi connectivity index (χ2n) is 15.5. The van der Waals surface area contributed by atoms with Crippen LogP contribution in [0.15, 0.2) is 76.0 Å². The van der Waals surface area contributed by atoms with Gasteiger partial charge in [-0.1, -0.05) is 29.8 Å². The Balaban J connectivity index is 1.25. The van der Waals surface area contributed by atoms with Crippen LogP contribution < -0.4 is 14.9 Å². The minimum absolute atomic E-state index is 0.0984. The third-order valence-electron chi connectivity index (χ3n) is 11.0. The fraction of sp³-hybridized carbons (Fsp3) is 0.442. The summed E-state index contributed by atoms with van der Waals surface area (Å²) < 4.78 is 46.3. The minimum atomic E-state index is -2.01. The van der Waals surface area contributed by atoms with Gasteiger partial charge in [-0.15, -0.1) is 0 Å². The first-order chi connectivity index (χ1) is 29.9. The van der Waals surface area contributed by atoms with Gasteiger partial charge in [0, 0.05) is 23.8 Å². The Kier molecular flexibility index (Phi) is 13.7. The van der Waals surface area contributed by atoms with E-state index < -0.39 is 127 Å². The SMILES string of the molecule is Cc1ccc(/C=C/C(=O)OCC2O[C@@H](Oc3c(-c4ccc(O)cc4)oc4cc(O[C@@H]5OC(C)[C@H](O)[C@H](O)C5O)cc(O)c4c3=O)C(O[C@@H]3OC(C)[C@H](O)[C@H](O)C3O)[C@@H](O)[C@@H]2O)cc1. The topological polar surface area (TPSA) is 314 Å². The van der Waals surface area contributed by atoms with E-state index in [0.717, 1.165) is 23.8 Å². The van der Waals surface area contributed by atoms with Crippen LogP contribution in [0.25, 0.3) is 28.4 Å². The highest BCUT2D eigenvalue weighted by molar-refractivity contribution is 5.88. The van der Waals surface area contributed by atoms with Crippen LogP contribution in [0.2, 0.25) is 0 Å². The summed E-state index contributed by atoms with van der Waals surface area (Å²) in [7, 11) is 0. The molecule has 0 amide bonds. The third kappa shape index (κ3) is 9.67. The molecule has 3 aromatic carbocycles. The summed E-state index contributed by atoms with van der Waals surface area (Å²) in [6.07, 6.45) is -22.2. The Morgan fingerprint density at radius 3 is 1.97 bits per heavy atom. The summed E-state index contributed by atoms with van der Waals surface area (Å²) in [6, 6.07) is 14.6. The number of phenolic OH excluding ortho intramolecular Hbond substituents is 2. The molecule has 0 spiro atoms. The summed E-state index contributed by atoms with van der Waals surface area (Å²) >= 11 is 0. The number of esters is 1. The number of aliphatic hydroxyl groups is 8. The fourth-order valence-electron chi connectivity index (χ4n) is 7.21. The first-order valence-electron chi connectivity index (χ1n) is 19.9. The smallest absolute Gasteiger partial charge is 0.330 e. The number of benzene rings is 3. The van der Waals surface area contributed by atoms with Crippen molar-refractivity contribution >= 4 is 23.0 Å². The van der Waals surface area contributed by atoms with E-state index in [0.29, 0.717) is 5.56 Å². The molecule has 20 heteroatoms. The van der Waals surface area contributed by atoms with Gasteiger partial charge in [-0.2, -0.15) is 0 Å². The molecular formula is C43H48O20. The molecule has 15 atom stereocenters. The van der Waals surface area contributed by atoms with E-state index >= 15 is 0 Å². The number of hydrogen-bond donors (Lipinski definition) is 10. The monoisotopic (exact) mass is 884 g/mol. The number of aliphatic hydroxyl groups excluding tert-OH is 8. The molecule has 3 saturated heterocycles. The van der Waals surface area contributed by atoms with E-state index in [-0.39, 0.29) is 28.4 Å². The molecule has 20 nitrogen and oxygen atoms in total. The van der Waals surface area contributed by atoms with E-state index in [4.69, 9.17) is 37.6 Å². The molecule has 1 aromatic heterocycles. The number of hydrogen-bond acceptors (Lipinski definition) is 20. The molecule has 0 saturated carbocycles. The maximum absolute atomic E-state index is 14.5. The fourth-order valence-corrected chi connectivity index (χ4v) is 7.21. The molecule has 7 rings (SSSR count). The van der Waals surface area contributed by atoms with E-state index in [9.17, 15) is 60.7 Å². The van der Waals surface area contributed by atoms with E-state index in [1.807, 2.05) is 19.1 Å². The third-order valence-corrected chi connectivity index (χ3v) is 11.0. The number of ether oxygens (including phenoxy) is 7. The molecule has 3 aliphatic rings. The predicted octanol–water partition coefficient (Wildman–Crippen LogP) is -0.319. The van der Waals surface area contributed by atoms with E-state index in [2.05, 4.69) is 0 Å². The molecule has 10 N–H and O–H groups in total. The van der Waals surface area contributed by atoms with Crippen molar-refractivity contribution in [1.82, 2.24) is 0 Å². The molecule has 63 heavy (non-hydrogen) atoms. The molecule has 340 valence electrons. The second kappa shape index (κ2) is 18.9. The van der Waals surface area contributed by atoms with Crippen LogP contribution >= 0.6 is 0 Å². The lowest BCUT2D eigenvalue weighted by Crippen LogP contribution is -2.64. The van der Waals surface area contributed by atoms with Crippen molar-refractivity contribution in [2.45, 2.75) is 113 Å². The van der Waals surface area contributed by atoms with Crippen molar-refractivity contribution in [1.29, 1.82) is 0 Å². The van der Waals surface area contributed by atoms with Gasteiger partial charge in [0.1, 0.15) is 89.8 Å². The molecule has 3 aliphatic heterocycles. The van der Waals surface area contributed by atoms with Crippen LogP contribution in [-0.4, -0.2) is 156 Å². The van der Waals surface area contributed by atoms with Crippen molar-refractivity contribution in [2.75, 3.05) is 6.61 Å². The maximum atomic E-state index is 14.5. The highest BCUT2D eigenvalue weighted by Gasteiger charge is 2.52. The Morgan fingerprint density at radius 2 is 1.32 bits per heavy atom. The van der Waals surface area contributed by atoms with Gasteiger partial charge in [0.05, 0.1) is 12.2 Å². The van der Waals surface area contributed by atoms with Crippen molar-refractivity contribution in [3.63, 3.8) is 0 Å². The second-order valence-corrected chi connectivity index (χ2v) is 15.5. The summed E-state index contributed by atoms with van der Waals surface area (Å²) in [5, 5.41) is 106. The minimum Gasteiger partial charge on any atom is -0.508 e. The van der Waals surface area contributed by atoms with Crippen LogP contribution in [0.1, 0.15) is 25.0 Å². The van der Waals surface area contributed by atoms with Gasteiger partial charge >= 0.3 is 5.97 Å². The summed E-state index contributed by atoms with van der Waals surface area (Å²) in [4.78, 5) is 27.3. The summed E-state index contributed by atoms with van der Waals surface area (Å²) in [6.45, 7) is 4.02. The van der Waals surface area contributed by atoms with Crippen molar-refractivity contribution in [3.05, 3.63) is 88.1 Å². The van der Waals surface area contributed by atoms with E-state index in [1.54, 1.807) is 12.1 Å². The first kappa shape index (κ1) is 45.8. The molecule has 4 heterocycles. The zero-order chi connectivity index (χ0) is 45.4. The lowest BCUT2D eigenvalue weighted by atomic mass is 9.97. The highest BCUT2D eigenvalue weighted by atomic mass is 16.8. The number of phenols is 2. The lowest BCUT2D eigenvalue weighted by Gasteiger charge is -2.45. The number of aromatic hydroxyl groups is 2. The van der Waals surface area contributed by atoms with Crippen LogP contribution in [-0.2, 0) is 28.5 Å². The molecule has 3 fully saturated rings. The number of carbonyl (C=O) groups excluding carboxylic acids is 1. The molecular weight excluding hydrogens is 836 g/mol. The quantitative estimate of drug-likeness (QED) is 0.0682. The van der Waals surface area contributed by atoms with Gasteiger partial charge in [-0.25, -0.2) is 4.79 Å². The van der Waals surface area contributed by atoms with Crippen LogP contribution in [0, 0.1) is 6.92 Å². The van der Waals surface area contributed by atoms with Gasteiger partial charge in [0.15, 0.2) is 18.2 Å². The van der Waals surface area contributed by atoms with Gasteiger partial charge in [0.25, 0.3) is 0 Å². The maximum Gasteiger partial charge on any atom is 0.330 e. The van der Waals surface area contributed by atoms with Crippen molar-refractivity contribution in [3.8, 4) is 34.3 Å². The predicted molar refractivity (Wildman–Crippen MR) is 214 cm³/mol. The Labute approximate surface area is 357 Å². The van der Waals surface area contributed by atoms with Crippen LogP contribution in [0.4, 0.5) is 0 Å². The van der Waals surface area contributed by atoms with Crippen molar-refractivity contribution < 1.29 is 93.4 Å². The zero-order valence-electron chi connectivity index (χ0n) is 33.9. The Morgan fingerprint density at radius 1 is 0.698 bits per heavy atom. The first-order valence-corrected chi connectivity index (χ1v) is 19.9. The molecule has 4 aromatic rings. The molecule has 0 radical (unpaired) electrons. The van der Waals surface area contributed by atoms with Gasteiger partial charge in [0.2, 0.25) is 23.8 Å². The molecule has 0 aliphatic carbocycles. The van der Waals surface area contributed by atoms with Gasteiger partial charge in [-0.3, -0.25) is 4.79 Å². The normalized spacial score (nSPS) is 33.6. The average Bonchev–Trinajstić information content (AvgIpc) is 3.25.